The number of ether oxygens (including phenoxy) is 1. The summed E-state index contributed by atoms with van der Waals surface area (Å²) in [6.07, 6.45) is 0.980. The first-order valence-electron chi connectivity index (χ1n) is 9.84. The number of benzene rings is 1. The summed E-state index contributed by atoms with van der Waals surface area (Å²) in [5, 5.41) is 27.2. The SMILES string of the molecule is CNC(=O)N[C@H](C)C(=O)N1C[C@@H](O)[C@H](n2cc(-c3ccc4c(c3)NCCO4)nn2)C1. The largest absolute Gasteiger partial charge is 0.490 e. The van der Waals surface area contributed by atoms with Gasteiger partial charge in [-0.15, -0.1) is 5.10 Å². The number of urea groups is 1. The first-order chi connectivity index (χ1) is 14.5. The van der Waals surface area contributed by atoms with Crippen LogP contribution in [-0.4, -0.2) is 82.4 Å². The molecule has 2 aliphatic rings. The van der Waals surface area contributed by atoms with Gasteiger partial charge in [-0.25, -0.2) is 9.48 Å². The van der Waals surface area contributed by atoms with Crippen molar-refractivity contribution in [2.75, 3.05) is 38.6 Å². The molecule has 160 valence electrons. The average Bonchev–Trinajstić information content (AvgIpc) is 3.39. The van der Waals surface area contributed by atoms with Crippen molar-refractivity contribution in [1.29, 1.82) is 0 Å². The summed E-state index contributed by atoms with van der Waals surface area (Å²) >= 11 is 0. The van der Waals surface area contributed by atoms with Crippen LogP contribution in [0, 0.1) is 0 Å². The van der Waals surface area contributed by atoms with E-state index in [2.05, 4.69) is 26.3 Å². The maximum Gasteiger partial charge on any atom is 0.315 e. The van der Waals surface area contributed by atoms with E-state index in [0.717, 1.165) is 23.5 Å². The Morgan fingerprint density at radius 1 is 1.37 bits per heavy atom. The Kier molecular flexibility index (Phi) is 5.44. The van der Waals surface area contributed by atoms with Crippen molar-refractivity contribution in [2.24, 2.45) is 0 Å². The summed E-state index contributed by atoms with van der Waals surface area (Å²) in [5.74, 6) is 0.540. The Balaban J connectivity index is 1.46. The molecule has 2 aromatic rings. The van der Waals surface area contributed by atoms with Crippen LogP contribution in [-0.2, 0) is 4.79 Å². The van der Waals surface area contributed by atoms with E-state index in [4.69, 9.17) is 4.74 Å². The number of fused-ring (bicyclic) bond motifs is 1. The molecule has 11 heteroatoms. The Morgan fingerprint density at radius 3 is 3.00 bits per heavy atom. The first kappa shape index (κ1) is 20.0. The smallest absolute Gasteiger partial charge is 0.315 e. The highest BCUT2D eigenvalue weighted by Crippen LogP contribution is 2.32. The molecule has 1 fully saturated rings. The maximum atomic E-state index is 12.6. The topological polar surface area (TPSA) is 134 Å². The fourth-order valence-electron chi connectivity index (χ4n) is 3.68. The normalized spacial score (nSPS) is 21.2. The highest BCUT2D eigenvalue weighted by molar-refractivity contribution is 5.86. The van der Waals surface area contributed by atoms with Gasteiger partial charge in [0.2, 0.25) is 5.91 Å². The van der Waals surface area contributed by atoms with Crippen LogP contribution in [0.3, 0.4) is 0 Å². The zero-order chi connectivity index (χ0) is 21.3. The number of hydrogen-bond donors (Lipinski definition) is 4. The molecular formula is C19H25N7O4. The lowest BCUT2D eigenvalue weighted by molar-refractivity contribution is -0.132. The number of anilines is 1. The molecule has 1 aromatic carbocycles. The van der Waals surface area contributed by atoms with Crippen LogP contribution < -0.4 is 20.7 Å². The average molecular weight is 415 g/mol. The molecule has 1 aromatic heterocycles. The second-order valence-electron chi connectivity index (χ2n) is 7.39. The molecule has 30 heavy (non-hydrogen) atoms. The molecule has 0 spiro atoms. The lowest BCUT2D eigenvalue weighted by atomic mass is 10.1. The number of hydrogen-bond acceptors (Lipinski definition) is 7. The fraction of sp³-hybridized carbons (Fsp3) is 0.474. The molecule has 0 bridgehead atoms. The van der Waals surface area contributed by atoms with Gasteiger partial charge in [0, 0.05) is 32.2 Å². The van der Waals surface area contributed by atoms with Crippen LogP contribution in [0.15, 0.2) is 24.4 Å². The van der Waals surface area contributed by atoms with E-state index >= 15 is 0 Å². The summed E-state index contributed by atoms with van der Waals surface area (Å²) in [5.41, 5.74) is 2.45. The van der Waals surface area contributed by atoms with E-state index in [0.29, 0.717) is 12.3 Å². The highest BCUT2D eigenvalue weighted by Gasteiger charge is 2.37. The van der Waals surface area contributed by atoms with Crippen molar-refractivity contribution < 1.29 is 19.4 Å². The molecule has 0 unspecified atom stereocenters. The molecular weight excluding hydrogens is 390 g/mol. The minimum absolute atomic E-state index is 0.165. The Labute approximate surface area is 173 Å². The summed E-state index contributed by atoms with van der Waals surface area (Å²) in [7, 11) is 1.48. The summed E-state index contributed by atoms with van der Waals surface area (Å²) in [4.78, 5) is 25.6. The summed E-state index contributed by atoms with van der Waals surface area (Å²) in [6, 6.07) is 4.21. The van der Waals surface area contributed by atoms with Crippen LogP contribution >= 0.6 is 0 Å². The molecule has 11 nitrogen and oxygen atoms in total. The van der Waals surface area contributed by atoms with Crippen molar-refractivity contribution in [3.8, 4) is 17.0 Å². The van der Waals surface area contributed by atoms with E-state index in [1.54, 1.807) is 17.8 Å². The number of aromatic nitrogens is 3. The second-order valence-corrected chi connectivity index (χ2v) is 7.39. The number of β-amino-alcohol motifs (C(OH)–C–C–N with tert-alkyl or cyclic N) is 1. The standard InChI is InChI=1S/C19H25N7O4/c1-11(22-19(29)20-2)18(28)25-9-15(16(27)10-25)26-8-14(23-24-26)12-3-4-17-13(7-12)21-5-6-30-17/h3-4,7-8,11,15-16,21,27H,5-6,9-10H2,1-2H3,(H2,20,22,29)/t11-,15-,16-/m1/s1. The minimum atomic E-state index is -0.783. The number of nitrogens with one attached hydrogen (secondary N) is 3. The number of likely N-dealkylation sites (tertiary alicyclic amines) is 1. The molecule has 1 saturated heterocycles. The van der Waals surface area contributed by atoms with Gasteiger partial charge in [0.15, 0.2) is 0 Å². The lowest BCUT2D eigenvalue weighted by Crippen LogP contribution is -2.48. The molecule has 2 aliphatic heterocycles. The van der Waals surface area contributed by atoms with E-state index in [-0.39, 0.29) is 19.0 Å². The number of nitrogens with zero attached hydrogens (tertiary/aromatic N) is 4. The van der Waals surface area contributed by atoms with E-state index in [9.17, 15) is 14.7 Å². The van der Waals surface area contributed by atoms with Crippen LogP contribution in [0.5, 0.6) is 5.75 Å². The van der Waals surface area contributed by atoms with Gasteiger partial charge in [-0.05, 0) is 25.1 Å². The predicted octanol–water partition coefficient (Wildman–Crippen LogP) is -0.189. The molecule has 4 rings (SSSR count). The van der Waals surface area contributed by atoms with E-state index in [1.165, 1.54) is 11.9 Å². The lowest BCUT2D eigenvalue weighted by Gasteiger charge is -2.21. The third kappa shape index (κ3) is 3.88. The zero-order valence-corrected chi connectivity index (χ0v) is 16.8. The van der Waals surface area contributed by atoms with Crippen molar-refractivity contribution in [3.05, 3.63) is 24.4 Å². The number of amides is 3. The van der Waals surface area contributed by atoms with Crippen molar-refractivity contribution in [2.45, 2.75) is 25.1 Å². The maximum absolute atomic E-state index is 12.6. The molecule has 0 saturated carbocycles. The van der Waals surface area contributed by atoms with Crippen molar-refractivity contribution in [1.82, 2.24) is 30.5 Å². The fourth-order valence-corrected chi connectivity index (χ4v) is 3.68. The number of carbonyl (C=O) groups is 2. The molecule has 4 N–H and O–H groups in total. The van der Waals surface area contributed by atoms with Gasteiger partial charge in [-0.2, -0.15) is 0 Å². The quantitative estimate of drug-likeness (QED) is 0.544. The first-order valence-corrected chi connectivity index (χ1v) is 9.84. The third-order valence-electron chi connectivity index (χ3n) is 5.32. The number of aliphatic hydroxyl groups is 1. The second kappa shape index (κ2) is 8.19. The molecule has 3 atom stereocenters. The molecule has 0 aliphatic carbocycles. The van der Waals surface area contributed by atoms with Crippen LogP contribution in [0.2, 0.25) is 0 Å². The number of rotatable bonds is 4. The summed E-state index contributed by atoms with van der Waals surface area (Å²) < 4.78 is 7.19. The predicted molar refractivity (Wildman–Crippen MR) is 108 cm³/mol. The highest BCUT2D eigenvalue weighted by atomic mass is 16.5. The van der Waals surface area contributed by atoms with E-state index in [1.807, 2.05) is 18.2 Å². The van der Waals surface area contributed by atoms with Gasteiger partial charge in [0.25, 0.3) is 0 Å². The van der Waals surface area contributed by atoms with Gasteiger partial charge < -0.3 is 30.7 Å². The van der Waals surface area contributed by atoms with Crippen LogP contribution in [0.1, 0.15) is 13.0 Å². The van der Waals surface area contributed by atoms with Crippen molar-refractivity contribution >= 4 is 17.6 Å². The Morgan fingerprint density at radius 2 is 2.20 bits per heavy atom. The zero-order valence-electron chi connectivity index (χ0n) is 16.8. The Hall–Kier alpha value is -3.34. The van der Waals surface area contributed by atoms with Gasteiger partial charge in [-0.3, -0.25) is 4.79 Å². The van der Waals surface area contributed by atoms with Gasteiger partial charge in [0.1, 0.15) is 24.1 Å². The Bertz CT molecular complexity index is 947. The number of aliphatic hydroxyl groups excluding tert-OH is 1. The van der Waals surface area contributed by atoms with Crippen LogP contribution in [0.25, 0.3) is 11.3 Å². The summed E-state index contributed by atoms with van der Waals surface area (Å²) in [6.45, 7) is 3.43. The van der Waals surface area contributed by atoms with Gasteiger partial charge in [0.05, 0.1) is 24.0 Å². The van der Waals surface area contributed by atoms with Gasteiger partial charge >= 0.3 is 6.03 Å². The third-order valence-corrected chi connectivity index (χ3v) is 5.32. The molecule has 3 heterocycles. The monoisotopic (exact) mass is 415 g/mol. The molecule has 3 amide bonds. The van der Waals surface area contributed by atoms with Gasteiger partial charge in [-0.1, -0.05) is 5.21 Å². The van der Waals surface area contributed by atoms with Crippen LogP contribution in [0.4, 0.5) is 10.5 Å². The minimum Gasteiger partial charge on any atom is -0.490 e. The molecule has 0 radical (unpaired) electrons. The van der Waals surface area contributed by atoms with E-state index < -0.39 is 24.2 Å². The number of carbonyl (C=O) groups excluding carboxylic acids is 2. The van der Waals surface area contributed by atoms with Crippen molar-refractivity contribution in [3.63, 3.8) is 0 Å².